The quantitative estimate of drug-likeness (QED) is 0.307. The average molecular weight is 318 g/mol. The van der Waals surface area contributed by atoms with E-state index in [1.165, 1.54) is 101 Å². The molecule has 0 aliphatic heterocycles. The molecule has 0 saturated heterocycles. The van der Waals surface area contributed by atoms with Gasteiger partial charge in [-0.1, -0.05) is 90.4 Å². The standard InChI is InChI=1S/C22H39N/c1-3-4-5-6-7-8-9-10-11-12-13-14-15-16-17-22-20-21(2)18-19-23-22/h18-20H,3-17H2,1-2H3. The maximum atomic E-state index is 4.44. The molecular formula is C22H39N. The predicted octanol–water partition coefficient (Wildman–Crippen LogP) is 7.41. The van der Waals surface area contributed by atoms with Crippen molar-refractivity contribution in [3.05, 3.63) is 29.6 Å². The SMILES string of the molecule is CCCCCCCCCCCCCCCCc1cc(C)ccn1. The number of rotatable bonds is 15. The monoisotopic (exact) mass is 317 g/mol. The van der Waals surface area contributed by atoms with Crippen LogP contribution in [0.2, 0.25) is 0 Å². The number of unbranched alkanes of at least 4 members (excludes halogenated alkanes) is 13. The Morgan fingerprint density at radius 2 is 1.17 bits per heavy atom. The Kier molecular flexibility index (Phi) is 12.9. The molecule has 0 aromatic carbocycles. The molecule has 1 rings (SSSR count). The van der Waals surface area contributed by atoms with Crippen LogP contribution < -0.4 is 0 Å². The van der Waals surface area contributed by atoms with Gasteiger partial charge in [-0.3, -0.25) is 4.98 Å². The van der Waals surface area contributed by atoms with Crippen LogP contribution in [-0.2, 0) is 6.42 Å². The number of aromatic nitrogens is 1. The molecule has 1 nitrogen and oxygen atoms in total. The first-order valence-corrected chi connectivity index (χ1v) is 10.2. The van der Waals surface area contributed by atoms with Crippen molar-refractivity contribution in [2.24, 2.45) is 0 Å². The Morgan fingerprint density at radius 3 is 1.65 bits per heavy atom. The van der Waals surface area contributed by atoms with Crippen LogP contribution >= 0.6 is 0 Å². The normalized spacial score (nSPS) is 11.0. The van der Waals surface area contributed by atoms with Gasteiger partial charge in [-0.05, 0) is 37.5 Å². The van der Waals surface area contributed by atoms with E-state index in [-0.39, 0.29) is 0 Å². The van der Waals surface area contributed by atoms with Crippen LogP contribution in [0, 0.1) is 6.92 Å². The Hall–Kier alpha value is -0.850. The molecule has 1 heteroatoms. The fourth-order valence-corrected chi connectivity index (χ4v) is 3.24. The van der Waals surface area contributed by atoms with Gasteiger partial charge in [0.1, 0.15) is 0 Å². The summed E-state index contributed by atoms with van der Waals surface area (Å²) in [5, 5.41) is 0. The van der Waals surface area contributed by atoms with Crippen LogP contribution in [0.3, 0.4) is 0 Å². The third kappa shape index (κ3) is 12.3. The van der Waals surface area contributed by atoms with E-state index in [1.807, 2.05) is 6.20 Å². The summed E-state index contributed by atoms with van der Waals surface area (Å²) < 4.78 is 0. The van der Waals surface area contributed by atoms with E-state index in [4.69, 9.17) is 0 Å². The molecule has 0 N–H and O–H groups in total. The van der Waals surface area contributed by atoms with Crippen molar-refractivity contribution in [3.63, 3.8) is 0 Å². The highest BCUT2D eigenvalue weighted by molar-refractivity contribution is 5.14. The Bertz CT molecular complexity index is 372. The van der Waals surface area contributed by atoms with Crippen LogP contribution in [0.1, 0.15) is 108 Å². The fourth-order valence-electron chi connectivity index (χ4n) is 3.24. The number of hydrogen-bond donors (Lipinski definition) is 0. The van der Waals surface area contributed by atoms with Crippen molar-refractivity contribution in [2.75, 3.05) is 0 Å². The summed E-state index contributed by atoms with van der Waals surface area (Å²) in [7, 11) is 0. The highest BCUT2D eigenvalue weighted by Gasteiger charge is 1.97. The second-order valence-electron chi connectivity index (χ2n) is 7.17. The minimum atomic E-state index is 1.15. The van der Waals surface area contributed by atoms with Crippen molar-refractivity contribution in [3.8, 4) is 0 Å². The van der Waals surface area contributed by atoms with E-state index in [0.29, 0.717) is 0 Å². The van der Waals surface area contributed by atoms with Gasteiger partial charge in [-0.2, -0.15) is 0 Å². The number of hydrogen-bond acceptors (Lipinski definition) is 1. The summed E-state index contributed by atoms with van der Waals surface area (Å²) in [5.74, 6) is 0. The van der Waals surface area contributed by atoms with Crippen LogP contribution in [-0.4, -0.2) is 4.98 Å². The molecule has 132 valence electrons. The minimum absolute atomic E-state index is 1.15. The van der Waals surface area contributed by atoms with Gasteiger partial charge in [-0.15, -0.1) is 0 Å². The molecule has 0 aliphatic carbocycles. The summed E-state index contributed by atoms with van der Waals surface area (Å²) in [4.78, 5) is 4.44. The Morgan fingerprint density at radius 1 is 0.696 bits per heavy atom. The molecule has 0 spiro atoms. The lowest BCUT2D eigenvalue weighted by molar-refractivity contribution is 0.535. The third-order valence-corrected chi connectivity index (χ3v) is 4.76. The van der Waals surface area contributed by atoms with Crippen molar-refractivity contribution in [2.45, 2.75) is 110 Å². The Labute approximate surface area is 145 Å². The summed E-state index contributed by atoms with van der Waals surface area (Å²) in [6, 6.07) is 4.30. The number of aryl methyl sites for hydroxylation is 2. The van der Waals surface area contributed by atoms with E-state index >= 15 is 0 Å². The van der Waals surface area contributed by atoms with Gasteiger partial charge in [0.05, 0.1) is 0 Å². The van der Waals surface area contributed by atoms with E-state index in [1.54, 1.807) is 0 Å². The van der Waals surface area contributed by atoms with Gasteiger partial charge >= 0.3 is 0 Å². The second-order valence-corrected chi connectivity index (χ2v) is 7.17. The molecule has 0 fully saturated rings. The van der Waals surface area contributed by atoms with Gasteiger partial charge in [0.15, 0.2) is 0 Å². The molecule has 1 aromatic rings. The van der Waals surface area contributed by atoms with Gasteiger partial charge in [0.25, 0.3) is 0 Å². The van der Waals surface area contributed by atoms with E-state index < -0.39 is 0 Å². The van der Waals surface area contributed by atoms with Crippen LogP contribution in [0.25, 0.3) is 0 Å². The van der Waals surface area contributed by atoms with Crippen LogP contribution in [0.4, 0.5) is 0 Å². The van der Waals surface area contributed by atoms with Gasteiger partial charge in [0.2, 0.25) is 0 Å². The number of pyridine rings is 1. The maximum Gasteiger partial charge on any atom is 0.0406 e. The lowest BCUT2D eigenvalue weighted by Gasteiger charge is -2.04. The van der Waals surface area contributed by atoms with Crippen LogP contribution in [0.15, 0.2) is 18.3 Å². The first-order chi connectivity index (χ1) is 11.3. The average Bonchev–Trinajstić information content (AvgIpc) is 2.55. The van der Waals surface area contributed by atoms with Gasteiger partial charge in [-0.25, -0.2) is 0 Å². The first kappa shape index (κ1) is 20.2. The van der Waals surface area contributed by atoms with Crippen LogP contribution in [0.5, 0.6) is 0 Å². The highest BCUT2D eigenvalue weighted by Crippen LogP contribution is 2.13. The predicted molar refractivity (Wildman–Crippen MR) is 103 cm³/mol. The molecule has 0 atom stereocenters. The lowest BCUT2D eigenvalue weighted by atomic mass is 10.0. The van der Waals surface area contributed by atoms with Gasteiger partial charge in [0, 0.05) is 11.9 Å². The molecule has 0 radical (unpaired) electrons. The molecule has 0 aliphatic rings. The molecular weight excluding hydrogens is 278 g/mol. The van der Waals surface area contributed by atoms with Gasteiger partial charge < -0.3 is 0 Å². The zero-order valence-corrected chi connectivity index (χ0v) is 15.8. The number of nitrogens with zero attached hydrogens (tertiary/aromatic N) is 1. The van der Waals surface area contributed by atoms with E-state index in [0.717, 1.165) is 6.42 Å². The summed E-state index contributed by atoms with van der Waals surface area (Å²) in [6.45, 7) is 4.44. The van der Waals surface area contributed by atoms with E-state index in [9.17, 15) is 0 Å². The minimum Gasteiger partial charge on any atom is -0.261 e. The van der Waals surface area contributed by atoms with E-state index in [2.05, 4.69) is 31.0 Å². The smallest absolute Gasteiger partial charge is 0.0406 e. The fraction of sp³-hybridized carbons (Fsp3) is 0.773. The lowest BCUT2D eigenvalue weighted by Crippen LogP contribution is -1.91. The third-order valence-electron chi connectivity index (χ3n) is 4.76. The molecule has 0 saturated carbocycles. The Balaban J connectivity index is 1.78. The first-order valence-electron chi connectivity index (χ1n) is 10.2. The second kappa shape index (κ2) is 14.7. The molecule has 0 bridgehead atoms. The van der Waals surface area contributed by atoms with Crippen molar-refractivity contribution in [1.29, 1.82) is 0 Å². The molecule has 1 heterocycles. The largest absolute Gasteiger partial charge is 0.261 e. The zero-order valence-electron chi connectivity index (χ0n) is 15.8. The zero-order chi connectivity index (χ0) is 16.6. The maximum absolute atomic E-state index is 4.44. The van der Waals surface area contributed by atoms with Crippen molar-refractivity contribution < 1.29 is 0 Å². The molecule has 0 amide bonds. The summed E-state index contributed by atoms with van der Waals surface area (Å²) in [6.07, 6.45) is 23.1. The molecule has 0 unspecified atom stereocenters. The van der Waals surface area contributed by atoms with Crippen molar-refractivity contribution >= 4 is 0 Å². The summed E-state index contributed by atoms with van der Waals surface area (Å²) >= 11 is 0. The highest BCUT2D eigenvalue weighted by atomic mass is 14.7. The molecule has 1 aromatic heterocycles. The molecule has 23 heavy (non-hydrogen) atoms. The summed E-state index contributed by atoms with van der Waals surface area (Å²) in [5.41, 5.74) is 2.60. The topological polar surface area (TPSA) is 12.9 Å². The van der Waals surface area contributed by atoms with Crippen molar-refractivity contribution in [1.82, 2.24) is 4.98 Å².